The van der Waals surface area contributed by atoms with E-state index < -0.39 is 0 Å². The topological polar surface area (TPSA) is 49.9 Å². The maximum atomic E-state index is 12.4. The molecule has 5 nitrogen and oxygen atoms in total. The van der Waals surface area contributed by atoms with Gasteiger partial charge in [0.05, 0.1) is 0 Å². The van der Waals surface area contributed by atoms with Gasteiger partial charge in [-0.1, -0.05) is 30.3 Å². The third kappa shape index (κ3) is 4.63. The maximum absolute atomic E-state index is 12.4. The highest BCUT2D eigenvalue weighted by molar-refractivity contribution is 5.97. The average molecular weight is 352 g/mol. The van der Waals surface area contributed by atoms with Crippen LogP contribution in [0.5, 0.6) is 5.75 Å². The first kappa shape index (κ1) is 18.0. The molecule has 1 aliphatic rings. The molecular formula is C21H24N2O3. The van der Waals surface area contributed by atoms with Gasteiger partial charge >= 0.3 is 0 Å². The van der Waals surface area contributed by atoms with Crippen molar-refractivity contribution in [2.75, 3.05) is 24.5 Å². The standard InChI is InChI=1S/C21H24N2O3/c1-17(24)23(15-21(25)22-13-5-6-14-22)19-9-11-20(12-10-19)26-16-18-7-3-2-4-8-18/h2-4,7-12H,5-6,13-16H2,1H3. The minimum Gasteiger partial charge on any atom is -0.489 e. The summed E-state index contributed by atoms with van der Waals surface area (Å²) in [6, 6.07) is 17.2. The van der Waals surface area contributed by atoms with Gasteiger partial charge in [-0.25, -0.2) is 0 Å². The Labute approximate surface area is 154 Å². The second-order valence-electron chi connectivity index (χ2n) is 6.46. The lowest BCUT2D eigenvalue weighted by Crippen LogP contribution is -2.41. The van der Waals surface area contributed by atoms with E-state index in [2.05, 4.69) is 0 Å². The fourth-order valence-corrected chi connectivity index (χ4v) is 3.05. The van der Waals surface area contributed by atoms with E-state index in [1.54, 1.807) is 0 Å². The van der Waals surface area contributed by atoms with Crippen LogP contribution in [-0.2, 0) is 16.2 Å². The van der Waals surface area contributed by atoms with Crippen molar-refractivity contribution in [3.05, 3.63) is 60.2 Å². The summed E-state index contributed by atoms with van der Waals surface area (Å²) < 4.78 is 5.77. The van der Waals surface area contributed by atoms with E-state index in [4.69, 9.17) is 4.74 Å². The molecule has 0 N–H and O–H groups in total. The second kappa shape index (κ2) is 8.52. The van der Waals surface area contributed by atoms with Crippen molar-refractivity contribution in [2.24, 2.45) is 0 Å². The Bertz CT molecular complexity index is 738. The Morgan fingerprint density at radius 3 is 2.27 bits per heavy atom. The summed E-state index contributed by atoms with van der Waals surface area (Å²) in [6.07, 6.45) is 2.08. The van der Waals surface area contributed by atoms with Crippen LogP contribution in [0.2, 0.25) is 0 Å². The summed E-state index contributed by atoms with van der Waals surface area (Å²) in [5, 5.41) is 0. The highest BCUT2D eigenvalue weighted by Crippen LogP contribution is 2.21. The Morgan fingerprint density at radius 2 is 1.65 bits per heavy atom. The molecule has 5 heteroatoms. The van der Waals surface area contributed by atoms with Crippen LogP contribution < -0.4 is 9.64 Å². The van der Waals surface area contributed by atoms with Gasteiger partial charge in [0.15, 0.2) is 0 Å². The monoisotopic (exact) mass is 352 g/mol. The number of likely N-dealkylation sites (tertiary alicyclic amines) is 1. The number of ether oxygens (including phenoxy) is 1. The molecule has 0 atom stereocenters. The first-order chi connectivity index (χ1) is 12.6. The van der Waals surface area contributed by atoms with E-state index in [0.29, 0.717) is 12.3 Å². The quantitative estimate of drug-likeness (QED) is 0.802. The fraction of sp³-hybridized carbons (Fsp3) is 0.333. The van der Waals surface area contributed by atoms with E-state index in [-0.39, 0.29) is 18.4 Å². The van der Waals surface area contributed by atoms with Crippen LogP contribution in [0.3, 0.4) is 0 Å². The van der Waals surface area contributed by atoms with Crippen molar-refractivity contribution in [1.82, 2.24) is 4.90 Å². The van der Waals surface area contributed by atoms with Crippen molar-refractivity contribution >= 4 is 17.5 Å². The molecule has 0 saturated carbocycles. The van der Waals surface area contributed by atoms with Gasteiger partial charge in [-0.05, 0) is 42.7 Å². The number of hydrogen-bond acceptors (Lipinski definition) is 3. The van der Waals surface area contributed by atoms with E-state index in [9.17, 15) is 9.59 Å². The summed E-state index contributed by atoms with van der Waals surface area (Å²) in [4.78, 5) is 27.7. The number of hydrogen-bond donors (Lipinski definition) is 0. The Balaban J connectivity index is 1.62. The van der Waals surface area contributed by atoms with Crippen molar-refractivity contribution in [3.8, 4) is 5.75 Å². The summed E-state index contributed by atoms with van der Waals surface area (Å²) in [5.74, 6) is 0.588. The zero-order valence-corrected chi connectivity index (χ0v) is 15.1. The van der Waals surface area contributed by atoms with Crippen LogP contribution in [-0.4, -0.2) is 36.3 Å². The van der Waals surface area contributed by atoms with Gasteiger partial charge in [0, 0.05) is 25.7 Å². The molecule has 2 aromatic rings. The Kier molecular flexibility index (Phi) is 5.89. The van der Waals surface area contributed by atoms with Crippen molar-refractivity contribution in [1.29, 1.82) is 0 Å². The second-order valence-corrected chi connectivity index (χ2v) is 6.46. The van der Waals surface area contributed by atoms with E-state index >= 15 is 0 Å². The average Bonchev–Trinajstić information content (AvgIpc) is 3.20. The van der Waals surface area contributed by atoms with Crippen LogP contribution in [0.15, 0.2) is 54.6 Å². The van der Waals surface area contributed by atoms with Crippen molar-refractivity contribution in [3.63, 3.8) is 0 Å². The normalized spacial score (nSPS) is 13.5. The summed E-state index contributed by atoms with van der Waals surface area (Å²) in [5.41, 5.74) is 1.80. The van der Waals surface area contributed by atoms with Crippen LogP contribution >= 0.6 is 0 Å². The molecule has 1 saturated heterocycles. The molecule has 0 bridgehead atoms. The summed E-state index contributed by atoms with van der Waals surface area (Å²) in [7, 11) is 0. The lowest BCUT2D eigenvalue weighted by Gasteiger charge is -2.24. The minimum absolute atomic E-state index is 0.00195. The molecule has 0 radical (unpaired) electrons. The molecule has 0 unspecified atom stereocenters. The Morgan fingerprint density at radius 1 is 1.00 bits per heavy atom. The number of carbonyl (C=O) groups excluding carboxylic acids is 2. The predicted octanol–water partition coefficient (Wildman–Crippen LogP) is 3.24. The largest absolute Gasteiger partial charge is 0.489 e. The number of amides is 2. The third-order valence-electron chi connectivity index (χ3n) is 4.53. The first-order valence-corrected chi connectivity index (χ1v) is 8.96. The molecule has 0 spiro atoms. The van der Waals surface area contributed by atoms with Crippen LogP contribution in [0.4, 0.5) is 5.69 Å². The number of rotatable bonds is 6. The van der Waals surface area contributed by atoms with Gasteiger partial charge in [0.2, 0.25) is 11.8 Å². The lowest BCUT2D eigenvalue weighted by molar-refractivity contribution is -0.130. The number of benzene rings is 2. The number of nitrogens with zero attached hydrogens (tertiary/aromatic N) is 2. The zero-order valence-electron chi connectivity index (χ0n) is 15.1. The van der Waals surface area contributed by atoms with E-state index in [0.717, 1.165) is 37.2 Å². The first-order valence-electron chi connectivity index (χ1n) is 8.96. The molecule has 0 aliphatic carbocycles. The van der Waals surface area contributed by atoms with Crippen LogP contribution in [0.25, 0.3) is 0 Å². The van der Waals surface area contributed by atoms with Crippen molar-refractivity contribution in [2.45, 2.75) is 26.4 Å². The number of carbonyl (C=O) groups is 2. The molecule has 26 heavy (non-hydrogen) atoms. The number of anilines is 1. The molecule has 2 amide bonds. The SMILES string of the molecule is CC(=O)N(CC(=O)N1CCCC1)c1ccc(OCc2ccccc2)cc1. The van der Waals surface area contributed by atoms with Gasteiger partial charge < -0.3 is 14.5 Å². The van der Waals surface area contributed by atoms with E-state index in [1.165, 1.54) is 11.8 Å². The summed E-state index contributed by atoms with van der Waals surface area (Å²) in [6.45, 7) is 3.63. The molecule has 3 rings (SSSR count). The highest BCUT2D eigenvalue weighted by Gasteiger charge is 2.22. The van der Waals surface area contributed by atoms with Gasteiger partial charge in [-0.3, -0.25) is 9.59 Å². The van der Waals surface area contributed by atoms with Gasteiger partial charge in [-0.15, -0.1) is 0 Å². The predicted molar refractivity (Wildman–Crippen MR) is 101 cm³/mol. The molecule has 136 valence electrons. The molecule has 0 aromatic heterocycles. The highest BCUT2D eigenvalue weighted by atomic mass is 16.5. The molecule has 1 fully saturated rings. The zero-order chi connectivity index (χ0) is 18.4. The van der Waals surface area contributed by atoms with E-state index in [1.807, 2.05) is 59.5 Å². The minimum atomic E-state index is -0.143. The molecule has 2 aromatic carbocycles. The van der Waals surface area contributed by atoms with Gasteiger partial charge in [-0.2, -0.15) is 0 Å². The fourth-order valence-electron chi connectivity index (χ4n) is 3.05. The molecular weight excluding hydrogens is 328 g/mol. The maximum Gasteiger partial charge on any atom is 0.242 e. The lowest BCUT2D eigenvalue weighted by atomic mass is 10.2. The van der Waals surface area contributed by atoms with Gasteiger partial charge in [0.1, 0.15) is 18.9 Å². The van der Waals surface area contributed by atoms with Gasteiger partial charge in [0.25, 0.3) is 0 Å². The smallest absolute Gasteiger partial charge is 0.242 e. The summed E-state index contributed by atoms with van der Waals surface area (Å²) >= 11 is 0. The Hall–Kier alpha value is -2.82. The third-order valence-corrected chi connectivity index (χ3v) is 4.53. The van der Waals surface area contributed by atoms with Crippen LogP contribution in [0.1, 0.15) is 25.3 Å². The van der Waals surface area contributed by atoms with Crippen LogP contribution in [0, 0.1) is 0 Å². The molecule has 1 aliphatic heterocycles. The van der Waals surface area contributed by atoms with Crippen molar-refractivity contribution < 1.29 is 14.3 Å². The molecule has 1 heterocycles.